The predicted molar refractivity (Wildman–Crippen MR) is 362 cm³/mol. The first-order valence-corrected chi connectivity index (χ1v) is 37.1. The van der Waals surface area contributed by atoms with Crippen LogP contribution in [0.2, 0.25) is 0 Å². The first-order chi connectivity index (χ1) is 41.0. The van der Waals surface area contributed by atoms with E-state index in [0.717, 1.165) is 89.9 Å². The third-order valence-electron chi connectivity index (χ3n) is 16.8. The first-order valence-electron chi connectivity index (χ1n) is 37.1. The topological polar surface area (TPSA) is 78.9 Å². The van der Waals surface area contributed by atoms with Gasteiger partial charge in [0.05, 0.1) is 0 Å². The summed E-state index contributed by atoms with van der Waals surface area (Å²) in [6.07, 6.45) is 91.8. The van der Waals surface area contributed by atoms with Crippen molar-refractivity contribution in [2.75, 3.05) is 13.2 Å². The number of rotatable bonds is 69. The van der Waals surface area contributed by atoms with E-state index in [-0.39, 0.29) is 31.1 Å². The second-order valence-electron chi connectivity index (χ2n) is 25.2. The lowest BCUT2D eigenvalue weighted by Crippen LogP contribution is -2.30. The van der Waals surface area contributed by atoms with Crippen molar-refractivity contribution < 1.29 is 28.6 Å². The van der Waals surface area contributed by atoms with E-state index in [4.69, 9.17) is 14.2 Å². The predicted octanol–water partition coefficient (Wildman–Crippen LogP) is 25.7. The summed E-state index contributed by atoms with van der Waals surface area (Å²) in [4.78, 5) is 38.4. The third-order valence-corrected chi connectivity index (χ3v) is 16.8. The molecule has 0 aliphatic rings. The molecule has 0 saturated heterocycles. The van der Waals surface area contributed by atoms with Gasteiger partial charge in [0.15, 0.2) is 6.10 Å². The van der Waals surface area contributed by atoms with Crippen LogP contribution in [-0.4, -0.2) is 37.2 Å². The monoisotopic (exact) mass is 1160 g/mol. The SMILES string of the molecule is CC/C=C\C/C=C\C/C=C\CCCCCCCCCC(=O)OC(COC(=O)CCCCCCC/C=C\CCCCCC)COC(=O)CCCCCCCCCCCCCCCCCCCCCCCCCCCCCCCCCCCCC. The summed E-state index contributed by atoms with van der Waals surface area (Å²) in [7, 11) is 0. The molecule has 0 aliphatic carbocycles. The molecule has 0 fully saturated rings. The Labute approximate surface area is 518 Å². The molecule has 0 bridgehead atoms. The molecule has 0 aromatic carbocycles. The van der Waals surface area contributed by atoms with E-state index in [1.165, 1.54) is 276 Å². The summed E-state index contributed by atoms with van der Waals surface area (Å²) in [6.45, 7) is 6.56. The average molecular weight is 1160 g/mol. The minimum absolute atomic E-state index is 0.0761. The van der Waals surface area contributed by atoms with Gasteiger partial charge in [-0.2, -0.15) is 0 Å². The second kappa shape index (κ2) is 71.8. The van der Waals surface area contributed by atoms with Crippen LogP contribution in [0.15, 0.2) is 48.6 Å². The van der Waals surface area contributed by atoms with E-state index in [2.05, 4.69) is 69.4 Å². The number of esters is 3. The van der Waals surface area contributed by atoms with Gasteiger partial charge in [-0.05, 0) is 77.0 Å². The zero-order valence-corrected chi connectivity index (χ0v) is 56.0. The fraction of sp³-hybridized carbons (Fsp3) is 0.857. The molecule has 486 valence electrons. The largest absolute Gasteiger partial charge is 0.462 e. The molecule has 6 nitrogen and oxygen atoms in total. The molecule has 0 saturated carbocycles. The minimum Gasteiger partial charge on any atom is -0.462 e. The van der Waals surface area contributed by atoms with Crippen molar-refractivity contribution in [2.45, 2.75) is 412 Å². The van der Waals surface area contributed by atoms with E-state index in [9.17, 15) is 14.4 Å². The second-order valence-corrected chi connectivity index (χ2v) is 25.2. The fourth-order valence-electron chi connectivity index (χ4n) is 11.3. The normalized spacial score (nSPS) is 12.3. The van der Waals surface area contributed by atoms with Gasteiger partial charge in [-0.1, -0.05) is 358 Å². The molecule has 0 aliphatic heterocycles. The molecule has 0 spiro atoms. The van der Waals surface area contributed by atoms with E-state index >= 15 is 0 Å². The summed E-state index contributed by atoms with van der Waals surface area (Å²) in [5, 5.41) is 0. The first kappa shape index (κ1) is 80.4. The highest BCUT2D eigenvalue weighted by atomic mass is 16.6. The highest BCUT2D eigenvalue weighted by Gasteiger charge is 2.19. The smallest absolute Gasteiger partial charge is 0.306 e. The van der Waals surface area contributed by atoms with E-state index in [1.54, 1.807) is 0 Å². The molecule has 1 atom stereocenters. The van der Waals surface area contributed by atoms with Gasteiger partial charge in [-0.3, -0.25) is 14.4 Å². The summed E-state index contributed by atoms with van der Waals surface area (Å²) in [6, 6.07) is 0. The Morgan fingerprint density at radius 2 is 0.470 bits per heavy atom. The van der Waals surface area contributed by atoms with Crippen molar-refractivity contribution in [3.05, 3.63) is 48.6 Å². The Kier molecular flexibility index (Phi) is 69.6. The van der Waals surface area contributed by atoms with Crippen LogP contribution in [0, 0.1) is 0 Å². The standard InChI is InChI=1S/C77H142O6/c1-4-7-10-13-16-19-22-25-27-29-30-31-32-33-34-35-36-37-38-39-40-41-42-43-44-45-46-48-49-52-55-58-61-64-67-70-76(79)82-73-74(72-81-75(78)69-66-63-60-57-54-51-24-21-18-15-12-9-6-3)83-77(80)71-68-65-62-59-56-53-50-47-28-26-23-20-17-14-11-8-5-2/h8,11,17,20-21,24,26,28,74H,4-7,9-10,12-16,18-19,22-23,25,27,29-73H2,1-3H3/b11-8-,20-17-,24-21-,28-26-. The quantitative estimate of drug-likeness (QED) is 0.0261. The number of allylic oxidation sites excluding steroid dienone is 8. The Morgan fingerprint density at radius 3 is 0.759 bits per heavy atom. The number of ether oxygens (including phenoxy) is 3. The lowest BCUT2D eigenvalue weighted by Gasteiger charge is -2.18. The zero-order valence-electron chi connectivity index (χ0n) is 56.0. The Bertz CT molecular complexity index is 1430. The molecule has 0 radical (unpaired) electrons. The van der Waals surface area contributed by atoms with Gasteiger partial charge in [0.2, 0.25) is 0 Å². The Morgan fingerprint density at radius 1 is 0.253 bits per heavy atom. The minimum atomic E-state index is -0.781. The van der Waals surface area contributed by atoms with Crippen molar-refractivity contribution >= 4 is 17.9 Å². The fourth-order valence-corrected chi connectivity index (χ4v) is 11.3. The Hall–Kier alpha value is -2.63. The van der Waals surface area contributed by atoms with Crippen molar-refractivity contribution in [3.8, 4) is 0 Å². The highest BCUT2D eigenvalue weighted by molar-refractivity contribution is 5.71. The van der Waals surface area contributed by atoms with Crippen LogP contribution in [0.5, 0.6) is 0 Å². The van der Waals surface area contributed by atoms with Crippen molar-refractivity contribution in [3.63, 3.8) is 0 Å². The summed E-state index contributed by atoms with van der Waals surface area (Å²) >= 11 is 0. The third kappa shape index (κ3) is 70.0. The van der Waals surface area contributed by atoms with Gasteiger partial charge < -0.3 is 14.2 Å². The van der Waals surface area contributed by atoms with Crippen LogP contribution in [0.1, 0.15) is 406 Å². The maximum Gasteiger partial charge on any atom is 0.306 e. The van der Waals surface area contributed by atoms with Gasteiger partial charge in [0, 0.05) is 19.3 Å². The molecule has 0 aromatic heterocycles. The van der Waals surface area contributed by atoms with Crippen LogP contribution in [-0.2, 0) is 28.6 Å². The molecule has 0 aromatic rings. The number of unbranched alkanes of at least 4 members (excludes halogenated alkanes) is 50. The molecule has 1 unspecified atom stereocenters. The van der Waals surface area contributed by atoms with Gasteiger partial charge >= 0.3 is 17.9 Å². The van der Waals surface area contributed by atoms with Crippen LogP contribution < -0.4 is 0 Å². The van der Waals surface area contributed by atoms with Crippen LogP contribution in [0.25, 0.3) is 0 Å². The lowest BCUT2D eigenvalue weighted by molar-refractivity contribution is -0.167. The summed E-state index contributed by atoms with van der Waals surface area (Å²) in [5.74, 6) is -0.872. The van der Waals surface area contributed by atoms with Crippen LogP contribution in [0.3, 0.4) is 0 Å². The molecule has 0 heterocycles. The highest BCUT2D eigenvalue weighted by Crippen LogP contribution is 2.19. The molecular weight excluding hydrogens is 1020 g/mol. The lowest BCUT2D eigenvalue weighted by atomic mass is 10.0. The van der Waals surface area contributed by atoms with Crippen LogP contribution in [0.4, 0.5) is 0 Å². The average Bonchev–Trinajstić information content (AvgIpc) is 3.49. The van der Waals surface area contributed by atoms with Gasteiger partial charge in [0.1, 0.15) is 13.2 Å². The van der Waals surface area contributed by atoms with E-state index in [1.807, 2.05) is 0 Å². The molecule has 6 heteroatoms. The van der Waals surface area contributed by atoms with Gasteiger partial charge in [0.25, 0.3) is 0 Å². The van der Waals surface area contributed by atoms with Crippen molar-refractivity contribution in [1.82, 2.24) is 0 Å². The van der Waals surface area contributed by atoms with Gasteiger partial charge in [-0.25, -0.2) is 0 Å². The van der Waals surface area contributed by atoms with Crippen LogP contribution >= 0.6 is 0 Å². The number of carbonyl (C=O) groups is 3. The maximum absolute atomic E-state index is 12.9. The van der Waals surface area contributed by atoms with Crippen molar-refractivity contribution in [1.29, 1.82) is 0 Å². The van der Waals surface area contributed by atoms with E-state index < -0.39 is 6.10 Å². The van der Waals surface area contributed by atoms with Gasteiger partial charge in [-0.15, -0.1) is 0 Å². The molecule has 0 amide bonds. The maximum atomic E-state index is 12.9. The zero-order chi connectivity index (χ0) is 59.9. The number of carbonyl (C=O) groups excluding carboxylic acids is 3. The summed E-state index contributed by atoms with van der Waals surface area (Å²) in [5.41, 5.74) is 0. The molecular formula is C77H142O6. The molecule has 0 N–H and O–H groups in total. The number of hydrogen-bond acceptors (Lipinski definition) is 6. The Balaban J connectivity index is 4.07. The molecule has 0 rings (SSSR count). The molecule has 83 heavy (non-hydrogen) atoms. The van der Waals surface area contributed by atoms with Crippen molar-refractivity contribution in [2.24, 2.45) is 0 Å². The summed E-state index contributed by atoms with van der Waals surface area (Å²) < 4.78 is 17.0. The number of hydrogen-bond donors (Lipinski definition) is 0. The van der Waals surface area contributed by atoms with E-state index in [0.29, 0.717) is 19.3 Å².